The summed E-state index contributed by atoms with van der Waals surface area (Å²) in [5, 5.41) is 0.917. The van der Waals surface area contributed by atoms with Gasteiger partial charge in [0.2, 0.25) is 5.91 Å². The van der Waals surface area contributed by atoms with E-state index in [9.17, 15) is 9.59 Å². The zero-order valence-electron chi connectivity index (χ0n) is 9.66. The minimum absolute atomic E-state index is 0.125. The van der Waals surface area contributed by atoms with Crippen LogP contribution in [0.25, 0.3) is 0 Å². The van der Waals surface area contributed by atoms with Gasteiger partial charge in [-0.2, -0.15) is 0 Å². The highest BCUT2D eigenvalue weighted by atomic mass is 35.5. The van der Waals surface area contributed by atoms with Gasteiger partial charge in [0.15, 0.2) is 0 Å². The van der Waals surface area contributed by atoms with Crippen molar-refractivity contribution in [3.8, 4) is 0 Å². The van der Waals surface area contributed by atoms with Crippen molar-refractivity contribution < 1.29 is 9.59 Å². The van der Waals surface area contributed by atoms with E-state index in [1.165, 1.54) is 0 Å². The first-order chi connectivity index (χ1) is 8.40. The summed E-state index contributed by atoms with van der Waals surface area (Å²) >= 11 is 11.6. The van der Waals surface area contributed by atoms with Crippen LogP contribution in [0.15, 0.2) is 18.2 Å². The van der Waals surface area contributed by atoms with Crippen molar-refractivity contribution in [1.82, 2.24) is 0 Å². The lowest BCUT2D eigenvalue weighted by molar-refractivity contribution is -0.124. The fourth-order valence-electron chi connectivity index (χ4n) is 1.48. The predicted octanol–water partition coefficient (Wildman–Crippen LogP) is 1.70. The Kier molecular flexibility index (Phi) is 5.59. The van der Waals surface area contributed by atoms with E-state index in [4.69, 9.17) is 34.7 Å². The van der Waals surface area contributed by atoms with E-state index >= 15 is 0 Å². The standard InChI is InChI=1S/C12H14Cl2N2O2/c13-8-3-1-7(5-9(8)14)2-4-11(17)10(15)6-12(16)18/h1,3,5,10H,2,4,6,15H2,(H2,16,18)/t10-/m1/s1. The number of benzene rings is 1. The lowest BCUT2D eigenvalue weighted by Crippen LogP contribution is -2.35. The van der Waals surface area contributed by atoms with Crippen molar-refractivity contribution in [1.29, 1.82) is 0 Å². The lowest BCUT2D eigenvalue weighted by Gasteiger charge is -2.08. The number of amides is 1. The van der Waals surface area contributed by atoms with E-state index in [1.807, 2.05) is 0 Å². The molecule has 0 radical (unpaired) electrons. The number of rotatable bonds is 6. The molecule has 4 nitrogen and oxygen atoms in total. The van der Waals surface area contributed by atoms with E-state index in [0.29, 0.717) is 16.5 Å². The summed E-state index contributed by atoms with van der Waals surface area (Å²) < 4.78 is 0. The third-order valence-corrected chi connectivity index (χ3v) is 3.22. The fraction of sp³-hybridized carbons (Fsp3) is 0.333. The van der Waals surface area contributed by atoms with Gasteiger partial charge in [0.25, 0.3) is 0 Å². The summed E-state index contributed by atoms with van der Waals surface area (Å²) in [6, 6.07) is 4.34. The largest absolute Gasteiger partial charge is 0.370 e. The monoisotopic (exact) mass is 288 g/mol. The van der Waals surface area contributed by atoms with Crippen LogP contribution in [0.4, 0.5) is 0 Å². The average Bonchev–Trinajstić information content (AvgIpc) is 2.29. The Bertz CT molecular complexity index is 463. The van der Waals surface area contributed by atoms with Crippen LogP contribution in [0.2, 0.25) is 10.0 Å². The first-order valence-electron chi connectivity index (χ1n) is 5.40. The summed E-state index contributed by atoms with van der Waals surface area (Å²) in [6.45, 7) is 0. The molecule has 0 heterocycles. The zero-order chi connectivity index (χ0) is 13.7. The molecule has 4 N–H and O–H groups in total. The molecule has 1 amide bonds. The minimum atomic E-state index is -0.828. The molecule has 0 aliphatic rings. The normalized spacial score (nSPS) is 12.2. The maximum atomic E-state index is 11.6. The number of halogens is 2. The Balaban J connectivity index is 2.52. The molecule has 1 aromatic carbocycles. The Morgan fingerprint density at radius 2 is 1.89 bits per heavy atom. The van der Waals surface area contributed by atoms with Crippen LogP contribution in [0.1, 0.15) is 18.4 Å². The van der Waals surface area contributed by atoms with E-state index in [-0.39, 0.29) is 18.6 Å². The van der Waals surface area contributed by atoms with Gasteiger partial charge in [-0.3, -0.25) is 9.59 Å². The second-order valence-corrected chi connectivity index (χ2v) is 4.81. The summed E-state index contributed by atoms with van der Waals surface area (Å²) in [5.74, 6) is -0.773. The number of nitrogens with two attached hydrogens (primary N) is 2. The van der Waals surface area contributed by atoms with Crippen LogP contribution in [0, 0.1) is 0 Å². The molecule has 18 heavy (non-hydrogen) atoms. The minimum Gasteiger partial charge on any atom is -0.370 e. The molecule has 1 atom stereocenters. The Morgan fingerprint density at radius 1 is 1.22 bits per heavy atom. The Hall–Kier alpha value is -1.10. The number of Topliss-reactive ketones (excluding diaryl/α,β-unsaturated/α-hetero) is 1. The molecular weight excluding hydrogens is 275 g/mol. The average molecular weight is 289 g/mol. The van der Waals surface area contributed by atoms with E-state index in [2.05, 4.69) is 0 Å². The third-order valence-electron chi connectivity index (χ3n) is 2.48. The maximum absolute atomic E-state index is 11.6. The highest BCUT2D eigenvalue weighted by molar-refractivity contribution is 6.42. The summed E-state index contributed by atoms with van der Waals surface area (Å²) in [7, 11) is 0. The Morgan fingerprint density at radius 3 is 2.44 bits per heavy atom. The van der Waals surface area contributed by atoms with Crippen LogP contribution < -0.4 is 11.5 Å². The number of ketones is 1. The van der Waals surface area contributed by atoms with E-state index < -0.39 is 11.9 Å². The molecule has 6 heteroatoms. The second-order valence-electron chi connectivity index (χ2n) is 3.99. The fourth-order valence-corrected chi connectivity index (χ4v) is 1.80. The molecule has 0 aliphatic carbocycles. The predicted molar refractivity (Wildman–Crippen MR) is 71.6 cm³/mol. The number of carbonyl (C=O) groups excluding carboxylic acids is 2. The molecule has 0 saturated carbocycles. The molecule has 0 aliphatic heterocycles. The number of carbonyl (C=O) groups is 2. The summed E-state index contributed by atoms with van der Waals surface area (Å²) in [6.07, 6.45) is 0.620. The van der Waals surface area contributed by atoms with Gasteiger partial charge >= 0.3 is 0 Å². The van der Waals surface area contributed by atoms with E-state index in [1.54, 1.807) is 18.2 Å². The van der Waals surface area contributed by atoms with Crippen LogP contribution in [0.5, 0.6) is 0 Å². The molecule has 0 aromatic heterocycles. The highest BCUT2D eigenvalue weighted by Gasteiger charge is 2.15. The van der Waals surface area contributed by atoms with Crippen molar-refractivity contribution in [3.63, 3.8) is 0 Å². The molecule has 1 rings (SSSR count). The number of hydrogen-bond donors (Lipinski definition) is 2. The number of aryl methyl sites for hydroxylation is 1. The van der Waals surface area contributed by atoms with Gasteiger partial charge in [0, 0.05) is 12.8 Å². The van der Waals surface area contributed by atoms with Gasteiger partial charge in [-0.05, 0) is 24.1 Å². The molecule has 1 aromatic rings. The van der Waals surface area contributed by atoms with Gasteiger partial charge in [-0.15, -0.1) is 0 Å². The molecule has 0 bridgehead atoms. The van der Waals surface area contributed by atoms with Crippen LogP contribution in [-0.2, 0) is 16.0 Å². The van der Waals surface area contributed by atoms with Gasteiger partial charge in [-0.25, -0.2) is 0 Å². The van der Waals surface area contributed by atoms with Gasteiger partial charge in [0.1, 0.15) is 5.78 Å². The molecule has 0 saturated heterocycles. The summed E-state index contributed by atoms with van der Waals surface area (Å²) in [5.41, 5.74) is 11.4. The summed E-state index contributed by atoms with van der Waals surface area (Å²) in [4.78, 5) is 22.2. The van der Waals surface area contributed by atoms with Crippen molar-refractivity contribution in [2.24, 2.45) is 11.5 Å². The lowest BCUT2D eigenvalue weighted by atomic mass is 10.0. The van der Waals surface area contributed by atoms with Gasteiger partial charge < -0.3 is 11.5 Å². The first kappa shape index (κ1) is 15.0. The smallest absolute Gasteiger partial charge is 0.219 e. The molecule has 0 unspecified atom stereocenters. The number of primary amides is 1. The van der Waals surface area contributed by atoms with Crippen molar-refractivity contribution in [2.75, 3.05) is 0 Å². The van der Waals surface area contributed by atoms with Crippen LogP contribution in [-0.4, -0.2) is 17.7 Å². The zero-order valence-corrected chi connectivity index (χ0v) is 11.2. The van der Waals surface area contributed by atoms with E-state index in [0.717, 1.165) is 5.56 Å². The molecule has 0 spiro atoms. The van der Waals surface area contributed by atoms with Gasteiger partial charge in [0.05, 0.1) is 16.1 Å². The molecular formula is C12H14Cl2N2O2. The maximum Gasteiger partial charge on any atom is 0.219 e. The van der Waals surface area contributed by atoms with Crippen LogP contribution >= 0.6 is 23.2 Å². The van der Waals surface area contributed by atoms with Gasteiger partial charge in [-0.1, -0.05) is 29.3 Å². The molecule has 98 valence electrons. The number of hydrogen-bond acceptors (Lipinski definition) is 3. The quantitative estimate of drug-likeness (QED) is 0.835. The first-order valence-corrected chi connectivity index (χ1v) is 6.16. The SMILES string of the molecule is NC(=O)C[C@@H](N)C(=O)CCc1ccc(Cl)c(Cl)c1. The van der Waals surface area contributed by atoms with Crippen molar-refractivity contribution in [2.45, 2.75) is 25.3 Å². The van der Waals surface area contributed by atoms with Crippen molar-refractivity contribution in [3.05, 3.63) is 33.8 Å². The van der Waals surface area contributed by atoms with Crippen LogP contribution in [0.3, 0.4) is 0 Å². The second kappa shape index (κ2) is 6.73. The highest BCUT2D eigenvalue weighted by Crippen LogP contribution is 2.23. The molecule has 0 fully saturated rings. The topological polar surface area (TPSA) is 86.2 Å². The Labute approximate surface area is 115 Å². The van der Waals surface area contributed by atoms with Crippen molar-refractivity contribution >= 4 is 34.9 Å². The third kappa shape index (κ3) is 4.64.